The molecule has 3 rings (SSSR count). The molecule has 0 spiro atoms. The molecule has 0 radical (unpaired) electrons. The zero-order chi connectivity index (χ0) is 19.9. The second kappa shape index (κ2) is 8.86. The Labute approximate surface area is 164 Å². The van der Waals surface area contributed by atoms with Crippen molar-refractivity contribution in [1.29, 1.82) is 0 Å². The number of ether oxygens (including phenoxy) is 1. The molecule has 0 bridgehead atoms. The van der Waals surface area contributed by atoms with Crippen LogP contribution in [0.4, 0.5) is 11.4 Å². The predicted molar refractivity (Wildman–Crippen MR) is 111 cm³/mol. The third-order valence-corrected chi connectivity index (χ3v) is 4.38. The van der Waals surface area contributed by atoms with Crippen molar-refractivity contribution >= 4 is 23.2 Å². The van der Waals surface area contributed by atoms with Crippen LogP contribution in [0.3, 0.4) is 0 Å². The summed E-state index contributed by atoms with van der Waals surface area (Å²) in [6, 6.07) is 21.4. The Balaban J connectivity index is 1.66. The predicted octanol–water partition coefficient (Wildman–Crippen LogP) is 4.76. The number of nitrogens with one attached hydrogen (secondary N) is 2. The summed E-state index contributed by atoms with van der Waals surface area (Å²) in [6.45, 7) is 2.08. The number of benzene rings is 3. The van der Waals surface area contributed by atoms with Gasteiger partial charge >= 0.3 is 0 Å². The molecular weight excluding hydrogens is 352 g/mol. The van der Waals surface area contributed by atoms with E-state index in [0.29, 0.717) is 22.6 Å². The molecule has 142 valence electrons. The van der Waals surface area contributed by atoms with Gasteiger partial charge in [0.15, 0.2) is 0 Å². The van der Waals surface area contributed by atoms with Gasteiger partial charge in [0.1, 0.15) is 5.75 Å². The fourth-order valence-corrected chi connectivity index (χ4v) is 2.74. The summed E-state index contributed by atoms with van der Waals surface area (Å²) in [7, 11) is 1.55. The van der Waals surface area contributed by atoms with Crippen LogP contribution >= 0.6 is 0 Å². The quantitative estimate of drug-likeness (QED) is 0.653. The van der Waals surface area contributed by atoms with E-state index in [1.54, 1.807) is 43.5 Å². The average molecular weight is 374 g/mol. The van der Waals surface area contributed by atoms with Gasteiger partial charge in [0.25, 0.3) is 11.8 Å². The highest BCUT2D eigenvalue weighted by atomic mass is 16.5. The van der Waals surface area contributed by atoms with E-state index in [1.165, 1.54) is 5.56 Å². The van der Waals surface area contributed by atoms with Crippen LogP contribution in [0.1, 0.15) is 33.2 Å². The molecule has 0 aliphatic carbocycles. The number of para-hydroxylation sites is 2. The molecule has 2 amide bonds. The van der Waals surface area contributed by atoms with Crippen LogP contribution in [0.25, 0.3) is 0 Å². The first-order valence-corrected chi connectivity index (χ1v) is 9.05. The molecule has 3 aromatic carbocycles. The lowest BCUT2D eigenvalue weighted by molar-refractivity contribution is 0.101. The Morgan fingerprint density at radius 2 is 1.36 bits per heavy atom. The van der Waals surface area contributed by atoms with Gasteiger partial charge in [-0.1, -0.05) is 31.2 Å². The van der Waals surface area contributed by atoms with Gasteiger partial charge in [-0.3, -0.25) is 9.59 Å². The first kappa shape index (κ1) is 19.2. The Bertz CT molecular complexity index is 964. The van der Waals surface area contributed by atoms with Crippen molar-refractivity contribution in [3.63, 3.8) is 0 Å². The maximum atomic E-state index is 12.4. The van der Waals surface area contributed by atoms with Crippen molar-refractivity contribution in [3.8, 4) is 5.75 Å². The number of rotatable bonds is 6. The molecule has 5 nitrogen and oxygen atoms in total. The van der Waals surface area contributed by atoms with Crippen LogP contribution in [-0.4, -0.2) is 18.9 Å². The van der Waals surface area contributed by atoms with Crippen molar-refractivity contribution in [2.24, 2.45) is 0 Å². The number of hydrogen-bond acceptors (Lipinski definition) is 3. The summed E-state index contributed by atoms with van der Waals surface area (Å²) in [6.07, 6.45) is 0.951. The van der Waals surface area contributed by atoms with Gasteiger partial charge in [-0.05, 0) is 60.5 Å². The summed E-state index contributed by atoms with van der Waals surface area (Å²) in [5, 5.41) is 5.67. The molecular formula is C23H22N2O3. The molecule has 3 aromatic rings. The van der Waals surface area contributed by atoms with Gasteiger partial charge in [-0.25, -0.2) is 0 Å². The van der Waals surface area contributed by atoms with Crippen LogP contribution in [0.5, 0.6) is 5.75 Å². The van der Waals surface area contributed by atoms with E-state index in [-0.39, 0.29) is 11.8 Å². The van der Waals surface area contributed by atoms with E-state index in [1.807, 2.05) is 36.4 Å². The van der Waals surface area contributed by atoms with Crippen molar-refractivity contribution in [1.82, 2.24) is 0 Å². The van der Waals surface area contributed by atoms with Crippen LogP contribution < -0.4 is 15.4 Å². The first-order valence-electron chi connectivity index (χ1n) is 9.05. The summed E-state index contributed by atoms with van der Waals surface area (Å²) < 4.78 is 5.24. The van der Waals surface area contributed by atoms with Crippen molar-refractivity contribution in [2.75, 3.05) is 17.7 Å². The van der Waals surface area contributed by atoms with Crippen molar-refractivity contribution in [3.05, 3.63) is 89.5 Å². The third-order valence-electron chi connectivity index (χ3n) is 4.38. The fourth-order valence-electron chi connectivity index (χ4n) is 2.74. The fraction of sp³-hybridized carbons (Fsp3) is 0.130. The van der Waals surface area contributed by atoms with Crippen LogP contribution in [0.2, 0.25) is 0 Å². The second-order valence-corrected chi connectivity index (χ2v) is 6.24. The zero-order valence-corrected chi connectivity index (χ0v) is 15.9. The highest BCUT2D eigenvalue weighted by Crippen LogP contribution is 2.23. The average Bonchev–Trinajstić information content (AvgIpc) is 2.74. The Morgan fingerprint density at radius 1 is 0.786 bits per heavy atom. The number of methoxy groups -OCH3 is 1. The smallest absolute Gasteiger partial charge is 0.255 e. The molecule has 0 saturated heterocycles. The van der Waals surface area contributed by atoms with E-state index in [2.05, 4.69) is 17.6 Å². The van der Waals surface area contributed by atoms with E-state index < -0.39 is 0 Å². The maximum Gasteiger partial charge on any atom is 0.255 e. The summed E-state index contributed by atoms with van der Waals surface area (Å²) in [5.74, 6) is 0.0912. The van der Waals surface area contributed by atoms with Crippen molar-refractivity contribution < 1.29 is 14.3 Å². The Kier molecular flexibility index (Phi) is 6.07. The van der Waals surface area contributed by atoms with Gasteiger partial charge in [0, 0.05) is 16.8 Å². The lowest BCUT2D eigenvalue weighted by Gasteiger charge is -2.10. The Hall–Kier alpha value is -3.60. The summed E-state index contributed by atoms with van der Waals surface area (Å²) >= 11 is 0. The summed E-state index contributed by atoms with van der Waals surface area (Å²) in [5.41, 5.74) is 3.47. The van der Waals surface area contributed by atoms with Gasteiger partial charge in [0.2, 0.25) is 0 Å². The molecule has 28 heavy (non-hydrogen) atoms. The summed E-state index contributed by atoms with van der Waals surface area (Å²) in [4.78, 5) is 24.8. The minimum Gasteiger partial charge on any atom is -0.495 e. The van der Waals surface area contributed by atoms with E-state index in [4.69, 9.17) is 4.74 Å². The van der Waals surface area contributed by atoms with E-state index >= 15 is 0 Å². The van der Waals surface area contributed by atoms with Gasteiger partial charge < -0.3 is 15.4 Å². The lowest BCUT2D eigenvalue weighted by Crippen LogP contribution is -2.14. The number of hydrogen-bond donors (Lipinski definition) is 2. The molecule has 0 atom stereocenters. The number of carbonyl (C=O) groups is 2. The van der Waals surface area contributed by atoms with Crippen LogP contribution in [-0.2, 0) is 6.42 Å². The standard InChI is InChI=1S/C23H22N2O3/c1-3-16-8-14-19(15-9-16)24-22(26)17-10-12-18(13-11-17)23(27)25-20-6-4-5-7-21(20)28-2/h4-15H,3H2,1-2H3,(H,24,26)(H,25,27). The molecule has 0 saturated carbocycles. The highest BCUT2D eigenvalue weighted by molar-refractivity contribution is 6.07. The lowest BCUT2D eigenvalue weighted by atomic mass is 10.1. The zero-order valence-electron chi connectivity index (χ0n) is 15.9. The molecule has 0 aliphatic rings. The molecule has 0 unspecified atom stereocenters. The van der Waals surface area contributed by atoms with Crippen molar-refractivity contribution in [2.45, 2.75) is 13.3 Å². The SMILES string of the molecule is CCc1ccc(NC(=O)c2ccc(C(=O)Nc3ccccc3OC)cc2)cc1. The number of anilines is 2. The van der Waals surface area contributed by atoms with Crippen LogP contribution in [0.15, 0.2) is 72.8 Å². The largest absolute Gasteiger partial charge is 0.495 e. The van der Waals surface area contributed by atoms with Crippen LogP contribution in [0, 0.1) is 0 Å². The number of carbonyl (C=O) groups excluding carboxylic acids is 2. The minimum absolute atomic E-state index is 0.221. The highest BCUT2D eigenvalue weighted by Gasteiger charge is 2.11. The normalized spacial score (nSPS) is 10.2. The Morgan fingerprint density at radius 3 is 1.93 bits per heavy atom. The van der Waals surface area contributed by atoms with E-state index in [0.717, 1.165) is 12.1 Å². The van der Waals surface area contributed by atoms with Gasteiger partial charge in [0.05, 0.1) is 12.8 Å². The van der Waals surface area contributed by atoms with E-state index in [9.17, 15) is 9.59 Å². The number of amides is 2. The number of aryl methyl sites for hydroxylation is 1. The topological polar surface area (TPSA) is 67.4 Å². The third kappa shape index (κ3) is 4.57. The molecule has 0 fully saturated rings. The second-order valence-electron chi connectivity index (χ2n) is 6.24. The molecule has 2 N–H and O–H groups in total. The molecule has 0 heterocycles. The van der Waals surface area contributed by atoms with Gasteiger partial charge in [-0.2, -0.15) is 0 Å². The van der Waals surface area contributed by atoms with Gasteiger partial charge in [-0.15, -0.1) is 0 Å². The molecule has 5 heteroatoms. The minimum atomic E-state index is -0.272. The first-order chi connectivity index (χ1) is 13.6. The molecule has 0 aliphatic heterocycles. The monoisotopic (exact) mass is 374 g/mol. The maximum absolute atomic E-state index is 12.4. The molecule has 0 aromatic heterocycles.